The number of tetrazole rings is 1. The highest BCUT2D eigenvalue weighted by molar-refractivity contribution is 7.89. The normalized spacial score (nSPS) is 12.6. The summed E-state index contributed by atoms with van der Waals surface area (Å²) in [6, 6.07) is -0.547. The third-order valence-electron chi connectivity index (χ3n) is 7.49. The number of aromatic nitrogens is 4. The van der Waals surface area contributed by atoms with Gasteiger partial charge >= 0.3 is 6.09 Å². The molecule has 0 aliphatic heterocycles. The summed E-state index contributed by atoms with van der Waals surface area (Å²) in [5.74, 6) is 0.547. The zero-order chi connectivity index (χ0) is 31.1. The average molecular weight is 744 g/mol. The van der Waals surface area contributed by atoms with Gasteiger partial charge in [0.1, 0.15) is 18.5 Å². The first kappa shape index (κ1) is 41.9. The molecular formula is C30H62IN7O4S. The molecule has 0 fully saturated rings. The summed E-state index contributed by atoms with van der Waals surface area (Å²) in [7, 11) is 2.60. The molecule has 1 aromatic heterocycles. The summed E-state index contributed by atoms with van der Waals surface area (Å²) in [4.78, 5) is 12.3. The number of aryl methyl sites for hydroxylation is 1. The van der Waals surface area contributed by atoms with Gasteiger partial charge in [-0.25, -0.2) is 22.6 Å². The molecule has 1 atom stereocenters. The molecule has 0 spiro atoms. The van der Waals surface area contributed by atoms with Crippen LogP contribution < -0.4 is 34.0 Å². The summed E-state index contributed by atoms with van der Waals surface area (Å²) in [5, 5.41) is 14.3. The lowest BCUT2D eigenvalue weighted by molar-refractivity contribution is -0.870. The molecule has 13 heteroatoms. The van der Waals surface area contributed by atoms with E-state index < -0.39 is 22.2 Å². The maximum Gasteiger partial charge on any atom is 0.407 e. The van der Waals surface area contributed by atoms with Crippen LogP contribution in [0.3, 0.4) is 0 Å². The Morgan fingerprint density at radius 1 is 0.860 bits per heavy atom. The molecule has 11 nitrogen and oxygen atoms in total. The van der Waals surface area contributed by atoms with Crippen molar-refractivity contribution >= 4 is 16.1 Å². The van der Waals surface area contributed by atoms with Crippen LogP contribution in [0, 0.1) is 6.92 Å². The third kappa shape index (κ3) is 23.9. The van der Waals surface area contributed by atoms with E-state index in [2.05, 4.69) is 32.5 Å². The second kappa shape index (κ2) is 25.2. The van der Waals surface area contributed by atoms with Crippen molar-refractivity contribution in [2.45, 2.75) is 129 Å². The topological polar surface area (TPSA) is 128 Å². The van der Waals surface area contributed by atoms with Crippen molar-refractivity contribution in [2.75, 3.05) is 53.1 Å². The van der Waals surface area contributed by atoms with Crippen molar-refractivity contribution < 1.29 is 46.4 Å². The smallest absolute Gasteiger partial charge is 0.407 e. The van der Waals surface area contributed by atoms with Gasteiger partial charge in [-0.2, -0.15) is 0 Å². The number of rotatable bonds is 27. The van der Waals surface area contributed by atoms with Gasteiger partial charge in [0.25, 0.3) is 0 Å². The lowest BCUT2D eigenvalue weighted by Gasteiger charge is -2.23. The average Bonchev–Trinajstić information content (AvgIpc) is 3.35. The molecule has 0 saturated heterocycles. The number of hydrogen-bond acceptors (Lipinski definition) is 7. The number of quaternary nitrogens is 1. The van der Waals surface area contributed by atoms with E-state index in [0.717, 1.165) is 19.4 Å². The van der Waals surface area contributed by atoms with E-state index in [9.17, 15) is 13.2 Å². The minimum Gasteiger partial charge on any atom is -1.00 e. The van der Waals surface area contributed by atoms with E-state index in [1.165, 1.54) is 94.6 Å². The summed E-state index contributed by atoms with van der Waals surface area (Å²) < 4.78 is 35.2. The highest BCUT2D eigenvalue weighted by Gasteiger charge is 2.21. The molecule has 1 rings (SSSR count). The Morgan fingerprint density at radius 2 is 1.37 bits per heavy atom. The summed E-state index contributed by atoms with van der Waals surface area (Å²) in [6.45, 7) is 5.29. The van der Waals surface area contributed by atoms with Gasteiger partial charge in [0.15, 0.2) is 0 Å². The molecule has 0 aliphatic rings. The summed E-state index contributed by atoms with van der Waals surface area (Å²) in [5.41, 5.74) is 0. The molecule has 0 bridgehead atoms. The highest BCUT2D eigenvalue weighted by Crippen LogP contribution is 2.14. The van der Waals surface area contributed by atoms with Gasteiger partial charge in [0, 0.05) is 19.5 Å². The van der Waals surface area contributed by atoms with Crippen molar-refractivity contribution in [3.8, 4) is 0 Å². The van der Waals surface area contributed by atoms with Crippen LogP contribution in [0.25, 0.3) is 0 Å². The predicted octanol–water partition coefficient (Wildman–Crippen LogP) is 2.53. The number of sulfonamides is 1. The number of carbonyl (C=O) groups excluding carboxylic acids is 1. The van der Waals surface area contributed by atoms with Crippen LogP contribution >= 0.6 is 0 Å². The standard InChI is InChI=1S/C30H61N7O4S.HI/c1-6-7-8-9-10-11-12-13-14-15-16-17-18-19-20-21-23-31-30(38)41-27-29(36-28(2)33-34-35-36)26-32-42(39,40)25-22-24-37(3,4)5;/h29,32H,6-27H2,1-5H3;1H. The third-order valence-corrected chi connectivity index (χ3v) is 8.92. The second-order valence-electron chi connectivity index (χ2n) is 12.7. The van der Waals surface area contributed by atoms with Crippen LogP contribution in [0.1, 0.15) is 128 Å². The van der Waals surface area contributed by atoms with Crippen LogP contribution in [-0.2, 0) is 14.8 Å². The Hall–Kier alpha value is -1.06. The number of amides is 1. The number of ether oxygens (including phenoxy) is 1. The number of nitrogens with zero attached hydrogens (tertiary/aromatic N) is 5. The van der Waals surface area contributed by atoms with Crippen LogP contribution in [0.4, 0.5) is 4.79 Å². The zero-order valence-corrected chi connectivity index (χ0v) is 30.8. The molecule has 2 N–H and O–H groups in total. The van der Waals surface area contributed by atoms with Gasteiger partial charge < -0.3 is 38.5 Å². The first-order valence-electron chi connectivity index (χ1n) is 16.5. The first-order valence-corrected chi connectivity index (χ1v) is 18.1. The maximum atomic E-state index is 12.5. The van der Waals surface area contributed by atoms with Gasteiger partial charge in [-0.05, 0) is 23.8 Å². The molecule has 43 heavy (non-hydrogen) atoms. The van der Waals surface area contributed by atoms with E-state index in [4.69, 9.17) is 4.74 Å². The van der Waals surface area contributed by atoms with Gasteiger partial charge in [0.05, 0.1) is 33.4 Å². The van der Waals surface area contributed by atoms with E-state index in [0.29, 0.717) is 23.3 Å². The molecule has 1 aromatic rings. The van der Waals surface area contributed by atoms with Crippen molar-refractivity contribution in [1.29, 1.82) is 0 Å². The van der Waals surface area contributed by atoms with E-state index in [1.807, 2.05) is 21.1 Å². The summed E-state index contributed by atoms with van der Waals surface area (Å²) in [6.07, 6.45) is 21.0. The summed E-state index contributed by atoms with van der Waals surface area (Å²) >= 11 is 0. The molecule has 1 unspecified atom stereocenters. The quantitative estimate of drug-likeness (QED) is 0.0806. The fourth-order valence-corrected chi connectivity index (χ4v) is 6.00. The number of unbranched alkanes of at least 4 members (excludes halogenated alkanes) is 15. The number of carbonyl (C=O) groups is 1. The fourth-order valence-electron chi connectivity index (χ4n) is 4.90. The molecule has 254 valence electrons. The molecule has 0 saturated carbocycles. The Kier molecular flexibility index (Phi) is 24.5. The van der Waals surface area contributed by atoms with Crippen LogP contribution in [0.5, 0.6) is 0 Å². The van der Waals surface area contributed by atoms with E-state index >= 15 is 0 Å². The highest BCUT2D eigenvalue weighted by atomic mass is 127. The zero-order valence-electron chi connectivity index (χ0n) is 27.8. The van der Waals surface area contributed by atoms with Crippen LogP contribution in [0.2, 0.25) is 0 Å². The Balaban J connectivity index is 0.0000176. The van der Waals surface area contributed by atoms with Gasteiger partial charge in [-0.1, -0.05) is 103 Å². The SMILES string of the molecule is CCCCCCCCCCCCCCCCCCNC(=O)OCC(CNS(=O)(=O)CCC[N+](C)(C)C)n1nnnc1C.[I-]. The Morgan fingerprint density at radius 3 is 1.84 bits per heavy atom. The lowest BCUT2D eigenvalue weighted by atomic mass is 10.0. The van der Waals surface area contributed by atoms with Gasteiger partial charge in [-0.3, -0.25) is 0 Å². The van der Waals surface area contributed by atoms with Crippen molar-refractivity contribution in [3.63, 3.8) is 0 Å². The van der Waals surface area contributed by atoms with Crippen molar-refractivity contribution in [3.05, 3.63) is 5.82 Å². The van der Waals surface area contributed by atoms with Gasteiger partial charge in [0.2, 0.25) is 10.0 Å². The Bertz CT molecular complexity index is 926. The van der Waals surface area contributed by atoms with Crippen LogP contribution in [-0.4, -0.2) is 92.3 Å². The molecule has 0 aliphatic carbocycles. The monoisotopic (exact) mass is 743 g/mol. The number of hydrogen-bond donors (Lipinski definition) is 2. The minimum absolute atomic E-state index is 0. The second-order valence-corrected chi connectivity index (χ2v) is 14.6. The largest absolute Gasteiger partial charge is 1.00 e. The number of alkyl carbamates (subject to hydrolysis) is 1. The number of nitrogens with one attached hydrogen (secondary N) is 2. The van der Waals surface area contributed by atoms with Crippen molar-refractivity contribution in [2.24, 2.45) is 0 Å². The fraction of sp³-hybridized carbons (Fsp3) is 0.933. The lowest BCUT2D eigenvalue weighted by Crippen LogP contribution is -3.00. The Labute approximate surface area is 279 Å². The van der Waals surface area contributed by atoms with E-state index in [1.54, 1.807) is 6.92 Å². The first-order chi connectivity index (χ1) is 20.0. The van der Waals surface area contributed by atoms with Crippen molar-refractivity contribution in [1.82, 2.24) is 30.2 Å². The van der Waals surface area contributed by atoms with Gasteiger partial charge in [-0.15, -0.1) is 5.10 Å². The van der Waals surface area contributed by atoms with E-state index in [-0.39, 0.29) is 42.9 Å². The molecular weight excluding hydrogens is 681 g/mol. The number of halogens is 1. The molecule has 0 radical (unpaired) electrons. The van der Waals surface area contributed by atoms with Crippen LogP contribution in [0.15, 0.2) is 0 Å². The minimum atomic E-state index is -3.48. The molecule has 1 heterocycles. The molecule has 0 aromatic carbocycles. The predicted molar refractivity (Wildman–Crippen MR) is 170 cm³/mol. The molecule has 1 amide bonds. The maximum absolute atomic E-state index is 12.5.